The fourth-order valence-electron chi connectivity index (χ4n) is 1.09. The first-order chi connectivity index (χ1) is 8.50. The molecule has 0 aromatic carbocycles. The normalized spacial score (nSPS) is 10.3. The molecule has 0 aliphatic rings. The van der Waals surface area contributed by atoms with Crippen molar-refractivity contribution in [3.05, 3.63) is 54.8 Å². The van der Waals surface area contributed by atoms with Gasteiger partial charge in [0.05, 0.1) is 0 Å². The van der Waals surface area contributed by atoms with Crippen molar-refractivity contribution in [1.82, 2.24) is 9.97 Å². The van der Waals surface area contributed by atoms with Crippen molar-refractivity contribution in [2.75, 3.05) is 11.9 Å². The van der Waals surface area contributed by atoms with E-state index in [0.717, 1.165) is 0 Å². The van der Waals surface area contributed by atoms with Crippen LogP contribution in [0.2, 0.25) is 0 Å². The molecule has 0 aliphatic heterocycles. The highest BCUT2D eigenvalue weighted by Gasteiger charge is 2.10. The number of halogens is 1. The van der Waals surface area contributed by atoms with Crippen LogP contribution in [0.15, 0.2) is 49.2 Å². The van der Waals surface area contributed by atoms with Gasteiger partial charge in [-0.1, -0.05) is 19.2 Å². The second-order valence-electron chi connectivity index (χ2n) is 3.38. The lowest BCUT2D eigenvalue weighted by Gasteiger charge is -2.07. The Morgan fingerprint density at radius 2 is 2.22 bits per heavy atom. The third kappa shape index (κ3) is 4.17. The summed E-state index contributed by atoms with van der Waals surface area (Å²) >= 11 is 0. The smallest absolute Gasteiger partial charge is 0.341 e. The molecule has 18 heavy (non-hydrogen) atoms. The average molecular weight is 249 g/mol. The van der Waals surface area contributed by atoms with Crippen molar-refractivity contribution in [3.8, 4) is 0 Å². The van der Waals surface area contributed by atoms with Gasteiger partial charge in [-0.2, -0.15) is 0 Å². The topological polar surface area (TPSA) is 75.1 Å². The van der Waals surface area contributed by atoms with E-state index < -0.39 is 11.8 Å². The molecular weight excluding hydrogens is 237 g/mol. The predicted molar refractivity (Wildman–Crippen MR) is 66.0 cm³/mol. The summed E-state index contributed by atoms with van der Waals surface area (Å²) in [6.45, 7) is 6.97. The third-order valence-corrected chi connectivity index (χ3v) is 1.93. The van der Waals surface area contributed by atoms with E-state index in [2.05, 4.69) is 28.4 Å². The zero-order valence-electron chi connectivity index (χ0n) is 9.56. The molecular formula is C12H12FN3O2. The van der Waals surface area contributed by atoms with Gasteiger partial charge in [0.15, 0.2) is 0 Å². The SMILES string of the molecule is C=C(F)/C=C\C(=C)CNc1ncncc1C(=O)O. The molecule has 0 amide bonds. The van der Waals surface area contributed by atoms with Crippen molar-refractivity contribution in [2.45, 2.75) is 0 Å². The number of aromatic nitrogens is 2. The Morgan fingerprint density at radius 1 is 1.50 bits per heavy atom. The first-order valence-electron chi connectivity index (χ1n) is 4.98. The summed E-state index contributed by atoms with van der Waals surface area (Å²) in [6.07, 6.45) is 5.04. The monoisotopic (exact) mass is 249 g/mol. The minimum Gasteiger partial charge on any atom is -0.477 e. The fourth-order valence-corrected chi connectivity index (χ4v) is 1.09. The van der Waals surface area contributed by atoms with E-state index in [4.69, 9.17) is 5.11 Å². The molecule has 2 N–H and O–H groups in total. The maximum Gasteiger partial charge on any atom is 0.341 e. The fraction of sp³-hybridized carbons (Fsp3) is 0.0833. The van der Waals surface area contributed by atoms with Gasteiger partial charge in [-0.25, -0.2) is 19.2 Å². The van der Waals surface area contributed by atoms with Crippen LogP contribution in [0.5, 0.6) is 0 Å². The Labute approximate surface area is 103 Å². The average Bonchev–Trinajstić information content (AvgIpc) is 2.34. The number of anilines is 1. The van der Waals surface area contributed by atoms with Crippen LogP contribution >= 0.6 is 0 Å². The summed E-state index contributed by atoms with van der Waals surface area (Å²) in [7, 11) is 0. The minimum absolute atomic E-state index is 0.0378. The van der Waals surface area contributed by atoms with Crippen LogP contribution in [0, 0.1) is 0 Å². The van der Waals surface area contributed by atoms with Gasteiger partial charge in [0.1, 0.15) is 23.5 Å². The van der Waals surface area contributed by atoms with Gasteiger partial charge in [-0.15, -0.1) is 0 Å². The van der Waals surface area contributed by atoms with E-state index in [0.29, 0.717) is 5.57 Å². The van der Waals surface area contributed by atoms with E-state index >= 15 is 0 Å². The van der Waals surface area contributed by atoms with Crippen molar-refractivity contribution in [1.29, 1.82) is 0 Å². The van der Waals surface area contributed by atoms with Crippen LogP contribution < -0.4 is 5.32 Å². The van der Waals surface area contributed by atoms with Crippen molar-refractivity contribution in [3.63, 3.8) is 0 Å². The molecule has 5 nitrogen and oxygen atoms in total. The molecule has 1 rings (SSSR count). The van der Waals surface area contributed by atoms with Crippen molar-refractivity contribution >= 4 is 11.8 Å². The second-order valence-corrected chi connectivity index (χ2v) is 3.38. The van der Waals surface area contributed by atoms with Gasteiger partial charge in [0, 0.05) is 12.7 Å². The first-order valence-corrected chi connectivity index (χ1v) is 4.98. The summed E-state index contributed by atoms with van der Waals surface area (Å²) in [5.74, 6) is -1.52. The lowest BCUT2D eigenvalue weighted by Crippen LogP contribution is -2.10. The third-order valence-electron chi connectivity index (χ3n) is 1.93. The van der Waals surface area contributed by atoms with Crippen LogP contribution in [-0.2, 0) is 0 Å². The van der Waals surface area contributed by atoms with Gasteiger partial charge in [-0.05, 0) is 11.6 Å². The molecule has 0 unspecified atom stereocenters. The molecule has 0 spiro atoms. The molecule has 0 fully saturated rings. The highest BCUT2D eigenvalue weighted by molar-refractivity contribution is 5.92. The molecule has 94 valence electrons. The Kier molecular flexibility index (Phi) is 4.74. The van der Waals surface area contributed by atoms with Crippen molar-refractivity contribution < 1.29 is 14.3 Å². The Hall–Kier alpha value is -2.50. The second kappa shape index (κ2) is 6.29. The summed E-state index contributed by atoms with van der Waals surface area (Å²) in [6, 6.07) is 0. The zero-order valence-corrected chi connectivity index (χ0v) is 9.56. The predicted octanol–water partition coefficient (Wildman–Crippen LogP) is 2.18. The number of nitrogens with zero attached hydrogens (tertiary/aromatic N) is 2. The Morgan fingerprint density at radius 3 is 2.83 bits per heavy atom. The maximum atomic E-state index is 12.4. The number of rotatable bonds is 6. The molecule has 0 saturated heterocycles. The van der Waals surface area contributed by atoms with Gasteiger partial charge >= 0.3 is 5.97 Å². The lowest BCUT2D eigenvalue weighted by molar-refractivity contribution is 0.0697. The molecule has 6 heteroatoms. The van der Waals surface area contributed by atoms with Crippen LogP contribution in [-0.4, -0.2) is 27.6 Å². The summed E-state index contributed by atoms with van der Waals surface area (Å²) in [5, 5.41) is 11.7. The van der Waals surface area contributed by atoms with E-state index in [9.17, 15) is 9.18 Å². The van der Waals surface area contributed by atoms with Crippen LogP contribution in [0.4, 0.5) is 10.2 Å². The molecule has 1 aromatic rings. The number of allylic oxidation sites excluding steroid dienone is 2. The molecule has 0 atom stereocenters. The van der Waals surface area contributed by atoms with Gasteiger partial charge in [-0.3, -0.25) is 0 Å². The highest BCUT2D eigenvalue weighted by atomic mass is 19.1. The number of carbonyl (C=O) groups is 1. The quantitative estimate of drug-likeness (QED) is 0.756. The van der Waals surface area contributed by atoms with E-state index in [1.165, 1.54) is 24.7 Å². The van der Waals surface area contributed by atoms with Crippen LogP contribution in [0.25, 0.3) is 0 Å². The molecule has 0 bridgehead atoms. The summed E-state index contributed by atoms with van der Waals surface area (Å²) in [5.41, 5.74) is 0.521. The minimum atomic E-state index is -1.13. The van der Waals surface area contributed by atoms with Gasteiger partial charge in [0.25, 0.3) is 0 Å². The van der Waals surface area contributed by atoms with Crippen LogP contribution in [0.3, 0.4) is 0 Å². The molecule has 0 aliphatic carbocycles. The highest BCUT2D eigenvalue weighted by Crippen LogP contribution is 2.10. The number of nitrogens with one attached hydrogen (secondary N) is 1. The molecule has 1 heterocycles. The number of hydrogen-bond acceptors (Lipinski definition) is 4. The number of carboxylic acid groups (broad SMARTS) is 1. The summed E-state index contributed by atoms with van der Waals surface area (Å²) in [4.78, 5) is 18.3. The van der Waals surface area contributed by atoms with E-state index in [-0.39, 0.29) is 17.9 Å². The first kappa shape index (κ1) is 13.6. The van der Waals surface area contributed by atoms with E-state index in [1.54, 1.807) is 0 Å². The standard InChI is InChI=1S/C12H12FN3O2/c1-8(3-4-9(2)13)5-15-11-10(12(17)18)6-14-7-16-11/h3-4,6-7H,1-2,5H2,(H,17,18)(H,14,15,16)/b4-3-. The van der Waals surface area contributed by atoms with Crippen LogP contribution in [0.1, 0.15) is 10.4 Å². The Balaban J connectivity index is 2.67. The number of aromatic carboxylic acids is 1. The number of carboxylic acids is 1. The molecule has 0 radical (unpaired) electrons. The lowest BCUT2D eigenvalue weighted by atomic mass is 10.2. The van der Waals surface area contributed by atoms with E-state index in [1.807, 2.05) is 0 Å². The van der Waals surface area contributed by atoms with Gasteiger partial charge in [0.2, 0.25) is 0 Å². The molecule has 0 saturated carbocycles. The van der Waals surface area contributed by atoms with Crippen molar-refractivity contribution in [2.24, 2.45) is 0 Å². The van der Waals surface area contributed by atoms with Gasteiger partial charge < -0.3 is 10.4 Å². The molecule has 1 aromatic heterocycles. The number of hydrogen-bond donors (Lipinski definition) is 2. The zero-order chi connectivity index (χ0) is 13.5. The maximum absolute atomic E-state index is 12.4. The summed E-state index contributed by atoms with van der Waals surface area (Å²) < 4.78 is 12.4. The Bertz CT molecular complexity index is 512. The largest absolute Gasteiger partial charge is 0.477 e.